The smallest absolute Gasteiger partial charge is 0.0367 e. The summed E-state index contributed by atoms with van der Waals surface area (Å²) in [7, 11) is 0. The molecule has 0 radical (unpaired) electrons. The summed E-state index contributed by atoms with van der Waals surface area (Å²) in [5.74, 6) is 0. The molecule has 0 saturated heterocycles. The van der Waals surface area contributed by atoms with Gasteiger partial charge in [0.1, 0.15) is 0 Å². The van der Waals surface area contributed by atoms with Crippen molar-refractivity contribution in [2.45, 2.75) is 219 Å². The van der Waals surface area contributed by atoms with Crippen LogP contribution in [-0.4, -0.2) is 13.1 Å². The van der Waals surface area contributed by atoms with Crippen LogP contribution in [-0.2, 0) is 0 Å². The van der Waals surface area contributed by atoms with Crippen molar-refractivity contribution in [1.29, 1.82) is 0 Å². The Labute approximate surface area is 278 Å². The molecule has 0 amide bonds. The zero-order valence-corrected chi connectivity index (χ0v) is 30.4. The average Bonchev–Trinajstić information content (AvgIpc) is 3.03. The Morgan fingerprint density at radius 2 is 0.568 bits per heavy atom. The molecule has 2 nitrogen and oxygen atoms in total. The quantitative estimate of drug-likeness (QED) is 0.0610. The third-order valence-corrected chi connectivity index (χ3v) is 9.82. The Morgan fingerprint density at radius 1 is 0.341 bits per heavy atom. The molecule has 0 saturated carbocycles. The molecule has 1 aromatic rings. The van der Waals surface area contributed by atoms with Gasteiger partial charge >= 0.3 is 0 Å². The van der Waals surface area contributed by atoms with Crippen LogP contribution in [0.1, 0.15) is 219 Å². The van der Waals surface area contributed by atoms with Crippen LogP contribution in [0, 0.1) is 0 Å². The summed E-state index contributed by atoms with van der Waals surface area (Å²) in [6, 6.07) is 8.61. The predicted molar refractivity (Wildman–Crippen MR) is 202 cm³/mol. The van der Waals surface area contributed by atoms with Crippen LogP contribution in [0.5, 0.6) is 0 Å². The molecule has 0 heterocycles. The third kappa shape index (κ3) is 27.2. The molecule has 258 valence electrons. The topological polar surface area (TPSA) is 29.3 Å². The fourth-order valence-corrected chi connectivity index (χ4v) is 6.76. The van der Waals surface area contributed by atoms with Gasteiger partial charge in [0.05, 0.1) is 0 Å². The number of benzene rings is 1. The Kier molecular flexibility index (Phi) is 30.8. The highest BCUT2D eigenvalue weighted by atomic mass is 15.1. The van der Waals surface area contributed by atoms with Crippen molar-refractivity contribution in [3.8, 4) is 0 Å². The van der Waals surface area contributed by atoms with Crippen LogP contribution in [0.3, 0.4) is 0 Å². The van der Waals surface area contributed by atoms with Crippen LogP contribution < -0.4 is 10.6 Å². The van der Waals surface area contributed by atoms with Crippen LogP contribution in [0.15, 0.2) is 24.3 Å². The molecule has 0 fully saturated rings. The summed E-state index contributed by atoms with van der Waals surface area (Å²) >= 11 is 0. The van der Waals surface area contributed by atoms with E-state index in [1.54, 1.807) is 0 Å². The lowest BCUT2D eigenvalue weighted by Gasteiger charge is -2.25. The van der Waals surface area contributed by atoms with E-state index in [4.69, 9.17) is 5.73 Å². The molecule has 0 aromatic heterocycles. The van der Waals surface area contributed by atoms with E-state index in [1.165, 1.54) is 224 Å². The molecular weight excluding hydrogens is 532 g/mol. The molecule has 0 bridgehead atoms. The van der Waals surface area contributed by atoms with Crippen molar-refractivity contribution in [3.63, 3.8) is 0 Å². The van der Waals surface area contributed by atoms with Crippen molar-refractivity contribution in [3.05, 3.63) is 24.3 Å². The molecule has 2 N–H and O–H groups in total. The fourth-order valence-electron chi connectivity index (χ4n) is 6.76. The maximum absolute atomic E-state index is 5.99. The highest BCUT2D eigenvalue weighted by Gasteiger charge is 2.06. The number of hydrogen-bond donors (Lipinski definition) is 1. The molecule has 1 aromatic carbocycles. The number of hydrogen-bond acceptors (Lipinski definition) is 2. The number of nitrogens with two attached hydrogens (primary N) is 1. The predicted octanol–water partition coefficient (Wildman–Crippen LogP) is 14.6. The van der Waals surface area contributed by atoms with Gasteiger partial charge in [0, 0.05) is 24.5 Å². The van der Waals surface area contributed by atoms with Crippen molar-refractivity contribution < 1.29 is 0 Å². The maximum Gasteiger partial charge on any atom is 0.0367 e. The van der Waals surface area contributed by atoms with E-state index >= 15 is 0 Å². The molecule has 0 aliphatic rings. The van der Waals surface area contributed by atoms with Crippen LogP contribution in [0.2, 0.25) is 0 Å². The van der Waals surface area contributed by atoms with Gasteiger partial charge in [-0.2, -0.15) is 0 Å². The van der Waals surface area contributed by atoms with Crippen LogP contribution in [0.25, 0.3) is 0 Å². The van der Waals surface area contributed by atoms with E-state index in [9.17, 15) is 0 Å². The lowest BCUT2D eigenvalue weighted by molar-refractivity contribution is 0.524. The van der Waals surface area contributed by atoms with E-state index in [0.717, 1.165) is 5.69 Å². The Hall–Kier alpha value is -1.18. The maximum atomic E-state index is 5.99. The third-order valence-electron chi connectivity index (χ3n) is 9.82. The summed E-state index contributed by atoms with van der Waals surface area (Å²) in [6.07, 6.45) is 45.9. The minimum atomic E-state index is 0.874. The van der Waals surface area contributed by atoms with Gasteiger partial charge < -0.3 is 10.6 Å². The molecule has 1 rings (SSSR count). The monoisotopic (exact) mass is 613 g/mol. The molecule has 44 heavy (non-hydrogen) atoms. The molecule has 0 aliphatic heterocycles. The zero-order valence-electron chi connectivity index (χ0n) is 30.4. The Balaban J connectivity index is 2.01. The van der Waals surface area contributed by atoms with Gasteiger partial charge in [-0.15, -0.1) is 0 Å². The van der Waals surface area contributed by atoms with E-state index in [1.807, 2.05) is 0 Å². The van der Waals surface area contributed by atoms with Crippen LogP contribution >= 0.6 is 0 Å². The Bertz CT molecular complexity index is 633. The highest BCUT2D eigenvalue weighted by molar-refractivity contribution is 5.53. The van der Waals surface area contributed by atoms with E-state index in [0.29, 0.717) is 0 Å². The van der Waals surface area contributed by atoms with Crippen molar-refractivity contribution >= 4 is 11.4 Å². The first-order valence-corrected chi connectivity index (χ1v) is 20.4. The number of rotatable bonds is 35. The van der Waals surface area contributed by atoms with Gasteiger partial charge in [0.2, 0.25) is 0 Å². The van der Waals surface area contributed by atoms with Gasteiger partial charge in [0.15, 0.2) is 0 Å². The van der Waals surface area contributed by atoms with Crippen LogP contribution in [0.4, 0.5) is 11.4 Å². The lowest BCUT2D eigenvalue weighted by atomic mass is 10.0. The largest absolute Gasteiger partial charge is 0.399 e. The van der Waals surface area contributed by atoms with Gasteiger partial charge in [-0.3, -0.25) is 0 Å². The summed E-state index contributed by atoms with van der Waals surface area (Å²) in [5, 5.41) is 0. The van der Waals surface area contributed by atoms with Gasteiger partial charge in [-0.05, 0) is 37.1 Å². The summed E-state index contributed by atoms with van der Waals surface area (Å²) < 4.78 is 0. The van der Waals surface area contributed by atoms with E-state index < -0.39 is 0 Å². The highest BCUT2D eigenvalue weighted by Crippen LogP contribution is 2.20. The fraction of sp³-hybridized carbons (Fsp3) is 0.857. The first-order valence-electron chi connectivity index (χ1n) is 20.4. The molecule has 0 atom stereocenters. The molecule has 0 unspecified atom stereocenters. The normalized spacial score (nSPS) is 11.4. The average molecular weight is 613 g/mol. The first kappa shape index (κ1) is 40.8. The second kappa shape index (κ2) is 33.2. The number of anilines is 2. The minimum absolute atomic E-state index is 0.874. The minimum Gasteiger partial charge on any atom is -0.399 e. The summed E-state index contributed by atoms with van der Waals surface area (Å²) in [4.78, 5) is 2.63. The van der Waals surface area contributed by atoms with Crippen molar-refractivity contribution in [2.24, 2.45) is 0 Å². The lowest BCUT2D eigenvalue weighted by Crippen LogP contribution is -2.25. The van der Waals surface area contributed by atoms with E-state index in [-0.39, 0.29) is 0 Å². The second-order valence-corrected chi connectivity index (χ2v) is 14.2. The molecular formula is C42H80N2. The SMILES string of the molecule is CCCCCCCCCCCCCCCCCCN(CCCCCCCCCCCCCCCCCC)c1ccc(N)cc1. The van der Waals surface area contributed by atoms with Gasteiger partial charge in [-0.1, -0.05) is 206 Å². The summed E-state index contributed by atoms with van der Waals surface area (Å²) in [6.45, 7) is 7.00. The molecule has 0 spiro atoms. The zero-order chi connectivity index (χ0) is 31.6. The first-order chi connectivity index (χ1) is 21.8. The van der Waals surface area contributed by atoms with Crippen molar-refractivity contribution in [1.82, 2.24) is 0 Å². The molecule has 2 heteroatoms. The van der Waals surface area contributed by atoms with Gasteiger partial charge in [0.25, 0.3) is 0 Å². The summed E-state index contributed by atoms with van der Waals surface area (Å²) in [5.41, 5.74) is 8.22. The Morgan fingerprint density at radius 3 is 0.818 bits per heavy atom. The molecule has 0 aliphatic carbocycles. The number of unbranched alkanes of at least 4 members (excludes halogenated alkanes) is 30. The van der Waals surface area contributed by atoms with E-state index in [2.05, 4.69) is 43.0 Å². The van der Waals surface area contributed by atoms with Gasteiger partial charge in [-0.25, -0.2) is 0 Å². The standard InChI is InChI=1S/C42H80N2/c1-3-5-7-9-11-13-15-17-19-21-23-25-27-29-31-33-39-44(42-37-35-41(43)36-38-42)40-34-32-30-28-26-24-22-20-18-16-14-12-10-8-6-4-2/h35-38H,3-34,39-40,43H2,1-2H3. The number of nitrogens with zero attached hydrogens (tertiary/aromatic N) is 1. The second-order valence-electron chi connectivity index (χ2n) is 14.2. The number of nitrogen functional groups attached to an aromatic ring is 1. The van der Waals surface area contributed by atoms with Crippen molar-refractivity contribution in [2.75, 3.05) is 23.7 Å².